The lowest BCUT2D eigenvalue weighted by atomic mass is 9.82. The first-order chi connectivity index (χ1) is 18.8. The lowest BCUT2D eigenvalue weighted by Crippen LogP contribution is -2.29. The minimum absolute atomic E-state index is 0.0671. The average Bonchev–Trinajstić information content (AvgIpc) is 2.93. The zero-order valence-electron chi connectivity index (χ0n) is 21.9. The zero-order chi connectivity index (χ0) is 27.9. The number of thioether (sulfide) groups is 1. The summed E-state index contributed by atoms with van der Waals surface area (Å²) in [5, 5.41) is 17.4. The molecule has 3 aromatic rings. The lowest BCUT2D eigenvalue weighted by molar-refractivity contribution is -0.140. The van der Waals surface area contributed by atoms with Crippen LogP contribution in [0.5, 0.6) is 0 Å². The monoisotopic (exact) mass is 557 g/mol. The van der Waals surface area contributed by atoms with Crippen LogP contribution in [0.1, 0.15) is 35.1 Å². The molecule has 0 aliphatic carbocycles. The van der Waals surface area contributed by atoms with E-state index in [1.807, 2.05) is 68.4 Å². The maximum absolute atomic E-state index is 13.4. The van der Waals surface area contributed by atoms with E-state index in [2.05, 4.69) is 16.7 Å². The van der Waals surface area contributed by atoms with Crippen molar-refractivity contribution in [3.8, 4) is 6.07 Å². The van der Waals surface area contributed by atoms with Gasteiger partial charge in [0.15, 0.2) is 0 Å². The Bertz CT molecular complexity index is 1490. The predicted molar refractivity (Wildman–Crippen MR) is 156 cm³/mol. The Balaban J connectivity index is 1.61. The van der Waals surface area contributed by atoms with Gasteiger partial charge in [0.25, 0.3) is 0 Å². The first kappa shape index (κ1) is 28.0. The summed E-state index contributed by atoms with van der Waals surface area (Å²) in [6, 6.07) is 24.6. The standard InChI is InChI=1S/C31H28ClN3O3S/c1-19-10-9-11-20(2)29(19)35-26(36)18-39-30-24(16-33)28(23-14-7-8-15-25(23)32)27(21(3)34-30)31(37)38-17-22-12-5-4-6-13-22/h4-15,28,34H,17-18H2,1-3H3,(H,35,36). The first-order valence-electron chi connectivity index (χ1n) is 12.4. The van der Waals surface area contributed by atoms with Crippen molar-refractivity contribution in [2.45, 2.75) is 33.3 Å². The van der Waals surface area contributed by atoms with Crippen molar-refractivity contribution >= 4 is 40.9 Å². The fourth-order valence-electron chi connectivity index (χ4n) is 4.44. The number of para-hydroxylation sites is 1. The number of hydrogen-bond acceptors (Lipinski definition) is 6. The van der Waals surface area contributed by atoms with Crippen molar-refractivity contribution in [1.82, 2.24) is 5.32 Å². The number of nitrogens with zero attached hydrogens (tertiary/aromatic N) is 1. The largest absolute Gasteiger partial charge is 0.457 e. The molecule has 1 unspecified atom stereocenters. The summed E-state index contributed by atoms with van der Waals surface area (Å²) in [6.07, 6.45) is 0. The lowest BCUT2D eigenvalue weighted by Gasteiger charge is -2.29. The maximum atomic E-state index is 13.4. The summed E-state index contributed by atoms with van der Waals surface area (Å²) in [5.74, 6) is -1.43. The van der Waals surface area contributed by atoms with Gasteiger partial charge >= 0.3 is 5.97 Å². The quantitative estimate of drug-likeness (QED) is 0.297. The van der Waals surface area contributed by atoms with Crippen molar-refractivity contribution in [1.29, 1.82) is 5.26 Å². The Labute approximate surface area is 237 Å². The number of halogens is 1. The summed E-state index contributed by atoms with van der Waals surface area (Å²) in [5.41, 5.74) is 5.32. The van der Waals surface area contributed by atoms with Crippen LogP contribution in [0.15, 0.2) is 94.7 Å². The first-order valence-corrected chi connectivity index (χ1v) is 13.7. The Morgan fingerprint density at radius 2 is 1.67 bits per heavy atom. The summed E-state index contributed by atoms with van der Waals surface area (Å²) in [4.78, 5) is 26.3. The number of nitrogens with one attached hydrogen (secondary N) is 2. The molecule has 0 spiro atoms. The molecule has 2 N–H and O–H groups in total. The van der Waals surface area contributed by atoms with Gasteiger partial charge in [-0.3, -0.25) is 4.79 Å². The average molecular weight is 558 g/mol. The van der Waals surface area contributed by atoms with E-state index in [1.165, 1.54) is 11.8 Å². The molecule has 0 saturated carbocycles. The highest BCUT2D eigenvalue weighted by atomic mass is 35.5. The Kier molecular flexibility index (Phi) is 9.13. The van der Waals surface area contributed by atoms with Crippen LogP contribution >= 0.6 is 23.4 Å². The van der Waals surface area contributed by atoms with Crippen molar-refractivity contribution in [3.05, 3.63) is 122 Å². The van der Waals surface area contributed by atoms with Crippen molar-refractivity contribution in [2.75, 3.05) is 11.1 Å². The molecule has 1 heterocycles. The maximum Gasteiger partial charge on any atom is 0.337 e. The Morgan fingerprint density at radius 1 is 1.00 bits per heavy atom. The molecule has 4 rings (SSSR count). The summed E-state index contributed by atoms with van der Waals surface area (Å²) >= 11 is 7.77. The van der Waals surface area contributed by atoms with Crippen molar-refractivity contribution in [3.63, 3.8) is 0 Å². The van der Waals surface area contributed by atoms with E-state index in [-0.39, 0.29) is 18.3 Å². The van der Waals surface area contributed by atoms with E-state index >= 15 is 0 Å². The van der Waals surface area contributed by atoms with Gasteiger partial charge in [-0.1, -0.05) is 90.1 Å². The minimum atomic E-state index is -0.752. The number of nitriles is 1. The molecule has 0 saturated heterocycles. The number of allylic oxidation sites excluding steroid dienone is 2. The van der Waals surface area contributed by atoms with Gasteiger partial charge < -0.3 is 15.4 Å². The topological polar surface area (TPSA) is 91.2 Å². The summed E-state index contributed by atoms with van der Waals surface area (Å²) in [7, 11) is 0. The molecular weight excluding hydrogens is 530 g/mol. The SMILES string of the molecule is CC1=C(C(=O)OCc2ccccc2)C(c2ccccc2Cl)C(C#N)=C(SCC(=O)Nc2c(C)cccc2C)N1. The highest BCUT2D eigenvalue weighted by Crippen LogP contribution is 2.43. The van der Waals surface area contributed by atoms with Crippen LogP contribution in [0.2, 0.25) is 5.02 Å². The van der Waals surface area contributed by atoms with Gasteiger partial charge in [-0.15, -0.1) is 0 Å². The number of anilines is 1. The second-order valence-corrected chi connectivity index (χ2v) is 10.5. The van der Waals surface area contributed by atoms with E-state index < -0.39 is 11.9 Å². The summed E-state index contributed by atoms with van der Waals surface area (Å²) < 4.78 is 5.66. The zero-order valence-corrected chi connectivity index (χ0v) is 23.5. The van der Waals surface area contributed by atoms with Crippen molar-refractivity contribution < 1.29 is 14.3 Å². The number of rotatable bonds is 8. The van der Waals surface area contributed by atoms with E-state index in [1.54, 1.807) is 25.1 Å². The third-order valence-electron chi connectivity index (χ3n) is 6.39. The highest BCUT2D eigenvalue weighted by molar-refractivity contribution is 8.03. The van der Waals surface area contributed by atoms with Gasteiger partial charge in [0.05, 0.1) is 33.9 Å². The number of ether oxygens (including phenoxy) is 1. The molecule has 1 aliphatic heterocycles. The van der Waals surface area contributed by atoms with Crippen LogP contribution in [0, 0.1) is 25.2 Å². The number of carbonyl (C=O) groups is 2. The number of dihydropyridines is 1. The fourth-order valence-corrected chi connectivity index (χ4v) is 5.58. The summed E-state index contributed by atoms with van der Waals surface area (Å²) in [6.45, 7) is 5.73. The van der Waals surface area contributed by atoms with Gasteiger partial charge in [0, 0.05) is 16.4 Å². The third-order valence-corrected chi connectivity index (χ3v) is 7.75. The second kappa shape index (κ2) is 12.7. The molecule has 198 valence electrons. The molecular formula is C31H28ClN3O3S. The Morgan fingerprint density at radius 3 is 2.33 bits per heavy atom. The number of carbonyl (C=O) groups excluding carboxylic acids is 2. The molecule has 1 amide bonds. The molecule has 3 aromatic carbocycles. The van der Waals surface area contributed by atoms with Crippen LogP contribution in [-0.2, 0) is 20.9 Å². The normalized spacial score (nSPS) is 14.9. The molecule has 0 aromatic heterocycles. The van der Waals surface area contributed by atoms with Crippen molar-refractivity contribution in [2.24, 2.45) is 0 Å². The van der Waals surface area contributed by atoms with Crippen LogP contribution in [-0.4, -0.2) is 17.6 Å². The fraction of sp³-hybridized carbons (Fsp3) is 0.194. The molecule has 6 nitrogen and oxygen atoms in total. The van der Waals surface area contributed by atoms with E-state index in [0.717, 1.165) is 22.4 Å². The molecule has 1 atom stereocenters. The molecule has 0 bridgehead atoms. The van der Waals surface area contributed by atoms with Crippen LogP contribution in [0.4, 0.5) is 5.69 Å². The molecule has 8 heteroatoms. The minimum Gasteiger partial charge on any atom is -0.457 e. The van der Waals surface area contributed by atoms with E-state index in [9.17, 15) is 14.9 Å². The predicted octanol–water partition coefficient (Wildman–Crippen LogP) is 6.77. The van der Waals surface area contributed by atoms with Gasteiger partial charge in [-0.2, -0.15) is 5.26 Å². The Hall–Kier alpha value is -3.99. The third kappa shape index (κ3) is 6.54. The number of amides is 1. The molecule has 1 aliphatic rings. The van der Waals surface area contributed by atoms with Gasteiger partial charge in [-0.25, -0.2) is 4.79 Å². The second-order valence-electron chi connectivity index (χ2n) is 9.14. The van der Waals surface area contributed by atoms with Crippen LogP contribution < -0.4 is 10.6 Å². The molecule has 0 fully saturated rings. The van der Waals surface area contributed by atoms with Gasteiger partial charge in [0.1, 0.15) is 6.61 Å². The number of aryl methyl sites for hydroxylation is 2. The van der Waals surface area contributed by atoms with E-state index in [4.69, 9.17) is 16.3 Å². The molecule has 0 radical (unpaired) electrons. The highest BCUT2D eigenvalue weighted by Gasteiger charge is 2.36. The number of benzene rings is 3. The van der Waals surface area contributed by atoms with Crippen LogP contribution in [0.3, 0.4) is 0 Å². The van der Waals surface area contributed by atoms with Crippen LogP contribution in [0.25, 0.3) is 0 Å². The smallest absolute Gasteiger partial charge is 0.337 e. The number of esters is 1. The van der Waals surface area contributed by atoms with Gasteiger partial charge in [-0.05, 0) is 49.1 Å². The molecule has 39 heavy (non-hydrogen) atoms. The van der Waals surface area contributed by atoms with E-state index in [0.29, 0.717) is 32.5 Å². The van der Waals surface area contributed by atoms with Gasteiger partial charge in [0.2, 0.25) is 5.91 Å². The number of hydrogen-bond donors (Lipinski definition) is 2.